The van der Waals surface area contributed by atoms with Crippen LogP contribution in [-0.2, 0) is 25.7 Å². The Hall–Kier alpha value is -4.05. The van der Waals surface area contributed by atoms with E-state index in [9.17, 15) is 4.79 Å². The lowest BCUT2D eigenvalue weighted by atomic mass is 9.80. The van der Waals surface area contributed by atoms with Crippen LogP contribution in [0.5, 0.6) is 0 Å². The molecule has 0 unspecified atom stereocenters. The SMILES string of the molecule is CCCCc1cc(NC(=O)c2c(-c3ccccc3)c(CCCC)c(N)c(CCCC)c2-c2ccccc2)cc(CCCC)c1N. The summed E-state index contributed by atoms with van der Waals surface area (Å²) in [4.78, 5) is 14.9. The van der Waals surface area contributed by atoms with E-state index < -0.39 is 0 Å². The highest BCUT2D eigenvalue weighted by atomic mass is 16.1. The van der Waals surface area contributed by atoms with Crippen molar-refractivity contribution in [2.45, 2.75) is 105 Å². The number of aryl methyl sites for hydroxylation is 2. The number of hydrogen-bond acceptors (Lipinski definition) is 3. The lowest BCUT2D eigenvalue weighted by Gasteiger charge is -2.26. The van der Waals surface area contributed by atoms with Gasteiger partial charge in [0.15, 0.2) is 0 Å². The summed E-state index contributed by atoms with van der Waals surface area (Å²) in [5.41, 5.74) is 25.5. The predicted octanol–water partition coefficient (Wildman–Crippen LogP) is 10.8. The highest BCUT2D eigenvalue weighted by Gasteiger charge is 2.28. The number of carbonyl (C=O) groups excluding carboxylic acids is 1. The molecule has 4 rings (SSSR count). The van der Waals surface area contributed by atoms with Crippen molar-refractivity contribution < 1.29 is 4.79 Å². The smallest absolute Gasteiger partial charge is 0.256 e. The maximum absolute atomic E-state index is 14.9. The molecule has 0 aliphatic heterocycles. The van der Waals surface area contributed by atoms with Crippen LogP contribution < -0.4 is 16.8 Å². The van der Waals surface area contributed by atoms with Gasteiger partial charge in [0.2, 0.25) is 0 Å². The summed E-state index contributed by atoms with van der Waals surface area (Å²) in [5, 5.41) is 3.39. The molecule has 0 spiro atoms. The second-order valence-corrected chi connectivity index (χ2v) is 12.3. The molecule has 0 saturated carbocycles. The van der Waals surface area contributed by atoms with Gasteiger partial charge in [-0.2, -0.15) is 0 Å². The van der Waals surface area contributed by atoms with Crippen LogP contribution in [0.2, 0.25) is 0 Å². The third-order valence-corrected chi connectivity index (χ3v) is 8.88. The topological polar surface area (TPSA) is 81.1 Å². The van der Waals surface area contributed by atoms with Gasteiger partial charge in [-0.1, -0.05) is 114 Å². The summed E-state index contributed by atoms with van der Waals surface area (Å²) in [6, 6.07) is 24.8. The Kier molecular flexibility index (Phi) is 12.7. The van der Waals surface area contributed by atoms with Crippen molar-refractivity contribution in [2.75, 3.05) is 16.8 Å². The molecule has 1 amide bonds. The number of nitrogen functional groups attached to an aromatic ring is 2. The van der Waals surface area contributed by atoms with Crippen molar-refractivity contribution in [2.24, 2.45) is 0 Å². The quantitative estimate of drug-likeness (QED) is 0.111. The van der Waals surface area contributed by atoms with Crippen molar-refractivity contribution >= 4 is 23.0 Å². The van der Waals surface area contributed by atoms with Crippen molar-refractivity contribution in [3.63, 3.8) is 0 Å². The van der Waals surface area contributed by atoms with Gasteiger partial charge in [-0.3, -0.25) is 4.79 Å². The summed E-state index contributed by atoms with van der Waals surface area (Å²) < 4.78 is 0. The van der Waals surface area contributed by atoms with E-state index in [1.165, 1.54) is 0 Å². The van der Waals surface area contributed by atoms with E-state index in [-0.39, 0.29) is 5.91 Å². The fourth-order valence-electron chi connectivity index (χ4n) is 6.37. The van der Waals surface area contributed by atoms with Gasteiger partial charge >= 0.3 is 0 Å². The van der Waals surface area contributed by atoms with Crippen molar-refractivity contribution in [3.05, 3.63) is 101 Å². The zero-order valence-corrected chi connectivity index (χ0v) is 28.0. The zero-order chi connectivity index (χ0) is 32.2. The minimum Gasteiger partial charge on any atom is -0.398 e. The summed E-state index contributed by atoms with van der Waals surface area (Å²) in [7, 11) is 0. The summed E-state index contributed by atoms with van der Waals surface area (Å²) in [6.45, 7) is 8.80. The Balaban J connectivity index is 2.01. The summed E-state index contributed by atoms with van der Waals surface area (Å²) in [6.07, 6.45) is 11.9. The molecule has 4 aromatic carbocycles. The molecule has 0 radical (unpaired) electrons. The Bertz CT molecular complexity index is 1440. The van der Waals surface area contributed by atoms with Crippen molar-refractivity contribution in [1.82, 2.24) is 0 Å². The largest absolute Gasteiger partial charge is 0.398 e. The number of amides is 1. The van der Waals surface area contributed by atoms with Gasteiger partial charge in [0.25, 0.3) is 5.91 Å². The fourth-order valence-corrected chi connectivity index (χ4v) is 6.37. The van der Waals surface area contributed by atoms with Crippen LogP contribution in [-0.4, -0.2) is 5.91 Å². The number of nitrogens with two attached hydrogens (primary N) is 2. The average Bonchev–Trinajstić information content (AvgIpc) is 3.06. The summed E-state index contributed by atoms with van der Waals surface area (Å²) in [5.74, 6) is -0.101. The van der Waals surface area contributed by atoms with Gasteiger partial charge in [-0.25, -0.2) is 0 Å². The number of rotatable bonds is 16. The highest BCUT2D eigenvalue weighted by molar-refractivity contribution is 6.15. The Labute approximate surface area is 271 Å². The molecule has 4 aromatic rings. The molecule has 0 saturated heterocycles. The third kappa shape index (κ3) is 8.16. The standard InChI is InChI=1S/C41H53N3O/c1-5-9-19-31-27-33(28-32(39(31)42)20-10-6-2)44-41(45)38-36(29-21-15-13-16-22-29)34(25-11-7-3)40(43)35(26-12-8-4)37(38)30-23-17-14-18-24-30/h13-18,21-24,27-28H,5-12,19-20,25-26,42-43H2,1-4H3,(H,44,45). The zero-order valence-electron chi connectivity index (χ0n) is 28.0. The minimum absolute atomic E-state index is 0.101. The Morgan fingerprint density at radius 1 is 0.578 bits per heavy atom. The Morgan fingerprint density at radius 2 is 0.978 bits per heavy atom. The molecule has 4 nitrogen and oxygen atoms in total. The van der Waals surface area contributed by atoms with Crippen LogP contribution in [0.1, 0.15) is 112 Å². The number of hydrogen-bond donors (Lipinski definition) is 3. The number of benzene rings is 4. The van der Waals surface area contributed by atoms with Gasteiger partial charge in [0, 0.05) is 28.2 Å². The second kappa shape index (κ2) is 16.9. The lowest BCUT2D eigenvalue weighted by Crippen LogP contribution is -2.19. The second-order valence-electron chi connectivity index (χ2n) is 12.3. The molecule has 0 aromatic heterocycles. The maximum atomic E-state index is 14.9. The first-order chi connectivity index (χ1) is 21.9. The van der Waals surface area contributed by atoms with Crippen LogP contribution in [0.25, 0.3) is 22.3 Å². The molecule has 0 aliphatic rings. The van der Waals surface area contributed by atoms with Gasteiger partial charge in [0.05, 0.1) is 5.56 Å². The van der Waals surface area contributed by atoms with E-state index in [1.807, 2.05) is 36.4 Å². The van der Waals surface area contributed by atoms with Gasteiger partial charge in [0.1, 0.15) is 0 Å². The predicted molar refractivity (Wildman–Crippen MR) is 195 cm³/mol. The first-order valence-electron chi connectivity index (χ1n) is 17.3. The number of unbranched alkanes of at least 4 members (excludes halogenated alkanes) is 4. The molecular formula is C41H53N3O. The first kappa shape index (κ1) is 33.8. The van der Waals surface area contributed by atoms with E-state index in [2.05, 4.69) is 69.4 Å². The molecule has 5 N–H and O–H groups in total. The lowest BCUT2D eigenvalue weighted by molar-refractivity contribution is 0.102. The molecule has 0 bridgehead atoms. The first-order valence-corrected chi connectivity index (χ1v) is 17.3. The van der Waals surface area contributed by atoms with Crippen molar-refractivity contribution in [3.8, 4) is 22.3 Å². The number of anilines is 3. The van der Waals surface area contributed by atoms with Gasteiger partial charge < -0.3 is 16.8 Å². The highest BCUT2D eigenvalue weighted by Crippen LogP contribution is 2.44. The Morgan fingerprint density at radius 3 is 1.38 bits per heavy atom. The minimum atomic E-state index is -0.101. The van der Waals surface area contributed by atoms with Crippen LogP contribution >= 0.6 is 0 Å². The molecule has 45 heavy (non-hydrogen) atoms. The number of carbonyl (C=O) groups is 1. The van der Waals surface area contributed by atoms with Crippen LogP contribution in [0, 0.1) is 0 Å². The third-order valence-electron chi connectivity index (χ3n) is 8.88. The molecular weight excluding hydrogens is 550 g/mol. The monoisotopic (exact) mass is 603 g/mol. The van der Waals surface area contributed by atoms with Crippen LogP contribution in [0.15, 0.2) is 72.8 Å². The molecule has 4 heteroatoms. The summed E-state index contributed by atoms with van der Waals surface area (Å²) >= 11 is 0. The average molecular weight is 604 g/mol. The molecule has 238 valence electrons. The number of nitrogens with one attached hydrogen (secondary N) is 1. The van der Waals surface area contributed by atoms with Crippen LogP contribution in [0.4, 0.5) is 17.1 Å². The van der Waals surface area contributed by atoms with Gasteiger partial charge in [-0.15, -0.1) is 0 Å². The van der Waals surface area contributed by atoms with E-state index in [0.29, 0.717) is 5.56 Å². The molecule has 0 atom stereocenters. The van der Waals surface area contributed by atoms with E-state index in [4.69, 9.17) is 11.5 Å². The fraction of sp³-hybridized carbons (Fsp3) is 0.390. The normalized spacial score (nSPS) is 11.1. The van der Waals surface area contributed by atoms with Gasteiger partial charge in [-0.05, 0) is 96.9 Å². The molecule has 0 fully saturated rings. The van der Waals surface area contributed by atoms with Crippen LogP contribution in [0.3, 0.4) is 0 Å². The maximum Gasteiger partial charge on any atom is 0.256 e. The molecule has 0 heterocycles. The van der Waals surface area contributed by atoms with Crippen molar-refractivity contribution in [1.29, 1.82) is 0 Å². The van der Waals surface area contributed by atoms with E-state index in [1.54, 1.807) is 0 Å². The van der Waals surface area contributed by atoms with E-state index >= 15 is 0 Å². The molecule has 0 aliphatic carbocycles. The van der Waals surface area contributed by atoms with E-state index in [0.717, 1.165) is 139 Å².